The van der Waals surface area contributed by atoms with E-state index >= 15 is 0 Å². The Morgan fingerprint density at radius 3 is 2.12 bits per heavy atom. The van der Waals surface area contributed by atoms with E-state index < -0.39 is 5.82 Å². The van der Waals surface area contributed by atoms with Crippen molar-refractivity contribution in [1.29, 1.82) is 0 Å². The number of halogens is 1. The minimum Gasteiger partial charge on any atom is -0.505 e. The van der Waals surface area contributed by atoms with Crippen molar-refractivity contribution in [2.24, 2.45) is 0 Å². The topological polar surface area (TPSA) is 53.4 Å². The molecule has 0 spiro atoms. The average molecular weight is 345 g/mol. The third-order valence-corrected chi connectivity index (χ3v) is 4.45. The van der Waals surface area contributed by atoms with Crippen molar-refractivity contribution in [3.63, 3.8) is 0 Å². The number of pyridine rings is 1. The number of aromatic hydroxyl groups is 1. The molecule has 2 rings (SSSR count). The summed E-state index contributed by atoms with van der Waals surface area (Å²) in [6.07, 6.45) is 1.76. The average Bonchev–Trinajstić information content (AvgIpc) is 2.56. The Kier molecular flexibility index (Phi) is 6.17. The van der Waals surface area contributed by atoms with E-state index in [0.717, 1.165) is 46.5 Å². The molecule has 3 nitrogen and oxygen atoms in total. The van der Waals surface area contributed by atoms with Gasteiger partial charge >= 0.3 is 0 Å². The third-order valence-electron chi connectivity index (χ3n) is 4.45. The van der Waals surface area contributed by atoms with Gasteiger partial charge in [0, 0.05) is 17.0 Å². The highest BCUT2D eigenvalue weighted by Gasteiger charge is 2.23. The number of phenols is 1. The fourth-order valence-corrected chi connectivity index (χ4v) is 3.34. The fourth-order valence-electron chi connectivity index (χ4n) is 3.34. The van der Waals surface area contributed by atoms with Crippen LogP contribution in [0.1, 0.15) is 75.4 Å². The summed E-state index contributed by atoms with van der Waals surface area (Å²) in [5.74, 6) is -0.630. The molecule has 0 bridgehead atoms. The van der Waals surface area contributed by atoms with Gasteiger partial charge in [-0.25, -0.2) is 4.39 Å². The van der Waals surface area contributed by atoms with Gasteiger partial charge in [-0.2, -0.15) is 0 Å². The largest absolute Gasteiger partial charge is 0.505 e. The highest BCUT2D eigenvalue weighted by atomic mass is 19.1. The molecule has 4 heteroatoms. The van der Waals surface area contributed by atoms with Crippen LogP contribution < -0.4 is 0 Å². The predicted octanol–water partition coefficient (Wildman–Crippen LogP) is 5.28. The Bertz CT molecular complexity index is 754. The molecule has 1 heterocycles. The van der Waals surface area contributed by atoms with E-state index in [2.05, 4.69) is 34.6 Å². The Morgan fingerprint density at radius 1 is 1.04 bits per heavy atom. The van der Waals surface area contributed by atoms with Gasteiger partial charge in [0.2, 0.25) is 0 Å². The summed E-state index contributed by atoms with van der Waals surface area (Å²) in [5, 5.41) is 19.9. The highest BCUT2D eigenvalue weighted by Crippen LogP contribution is 2.38. The first-order valence-corrected chi connectivity index (χ1v) is 8.97. The SMILES string of the molecule is CCCc1c(C(C)C)nc(C(C)C)c(CO)c1-c1ccc(F)c(O)c1. The Balaban J connectivity index is 2.91. The molecule has 0 fully saturated rings. The lowest BCUT2D eigenvalue weighted by molar-refractivity contribution is 0.279. The Labute approximate surface area is 149 Å². The molecular weight excluding hydrogens is 317 g/mol. The van der Waals surface area contributed by atoms with Crippen molar-refractivity contribution in [2.45, 2.75) is 65.9 Å². The van der Waals surface area contributed by atoms with E-state index in [1.165, 1.54) is 12.1 Å². The zero-order valence-corrected chi connectivity index (χ0v) is 15.7. The number of rotatable bonds is 6. The molecule has 0 unspecified atom stereocenters. The molecule has 2 aromatic rings. The lowest BCUT2D eigenvalue weighted by atomic mass is 9.85. The molecule has 136 valence electrons. The Morgan fingerprint density at radius 2 is 1.64 bits per heavy atom. The zero-order valence-electron chi connectivity index (χ0n) is 15.7. The Hall–Kier alpha value is -1.94. The first-order chi connectivity index (χ1) is 11.8. The summed E-state index contributed by atoms with van der Waals surface area (Å²) in [7, 11) is 0. The minimum absolute atomic E-state index is 0.136. The molecule has 0 radical (unpaired) electrons. The van der Waals surface area contributed by atoms with Crippen LogP contribution in [0.4, 0.5) is 4.39 Å². The molecule has 25 heavy (non-hydrogen) atoms. The molecule has 0 saturated heterocycles. The molecule has 2 N–H and O–H groups in total. The standard InChI is InChI=1S/C21H28FNO2/c1-6-7-15-19(14-8-9-17(22)18(25)10-14)16(11-24)21(13(4)5)23-20(15)12(2)3/h8-10,12-13,24-25H,6-7,11H2,1-5H3. The lowest BCUT2D eigenvalue weighted by Crippen LogP contribution is -2.12. The van der Waals surface area contributed by atoms with Crippen LogP contribution in [-0.4, -0.2) is 15.2 Å². The molecule has 0 saturated carbocycles. The van der Waals surface area contributed by atoms with Gasteiger partial charge in [-0.1, -0.05) is 47.1 Å². The van der Waals surface area contributed by atoms with Gasteiger partial charge in [0.1, 0.15) is 0 Å². The van der Waals surface area contributed by atoms with Crippen molar-refractivity contribution in [3.8, 4) is 16.9 Å². The lowest BCUT2D eigenvalue weighted by Gasteiger charge is -2.24. The van der Waals surface area contributed by atoms with Crippen LogP contribution in [0.2, 0.25) is 0 Å². The maximum Gasteiger partial charge on any atom is 0.164 e. The number of phenolic OH excluding ortho intramolecular Hbond substituents is 1. The molecule has 1 aromatic heterocycles. The maximum atomic E-state index is 13.5. The summed E-state index contributed by atoms with van der Waals surface area (Å²) in [6.45, 7) is 10.3. The van der Waals surface area contributed by atoms with E-state index in [1.807, 2.05) is 0 Å². The number of aliphatic hydroxyl groups excluding tert-OH is 1. The molecule has 0 amide bonds. The number of hydrogen-bond donors (Lipinski definition) is 2. The summed E-state index contributed by atoms with van der Waals surface area (Å²) in [4.78, 5) is 4.89. The van der Waals surface area contributed by atoms with Crippen LogP contribution in [0.15, 0.2) is 18.2 Å². The molecule has 0 atom stereocenters. The van der Waals surface area contributed by atoms with Crippen LogP contribution in [0, 0.1) is 5.82 Å². The van der Waals surface area contributed by atoms with E-state index in [9.17, 15) is 14.6 Å². The number of hydrogen-bond acceptors (Lipinski definition) is 3. The summed E-state index contributed by atoms with van der Waals surface area (Å²) < 4.78 is 13.5. The van der Waals surface area contributed by atoms with Crippen LogP contribution >= 0.6 is 0 Å². The van der Waals surface area contributed by atoms with Gasteiger partial charge in [-0.05, 0) is 47.1 Å². The maximum absolute atomic E-state index is 13.5. The van der Waals surface area contributed by atoms with Gasteiger partial charge in [0.25, 0.3) is 0 Å². The van der Waals surface area contributed by atoms with Gasteiger partial charge in [-0.15, -0.1) is 0 Å². The van der Waals surface area contributed by atoms with Crippen LogP contribution in [0.3, 0.4) is 0 Å². The van der Waals surface area contributed by atoms with Gasteiger partial charge in [-0.3, -0.25) is 4.98 Å². The summed E-state index contributed by atoms with van der Waals surface area (Å²) in [5.41, 5.74) is 5.34. The van der Waals surface area contributed by atoms with Crippen LogP contribution in [0.5, 0.6) is 5.75 Å². The van der Waals surface area contributed by atoms with E-state index in [1.54, 1.807) is 6.07 Å². The van der Waals surface area contributed by atoms with E-state index in [4.69, 9.17) is 4.98 Å². The van der Waals surface area contributed by atoms with Crippen molar-refractivity contribution < 1.29 is 14.6 Å². The van der Waals surface area contributed by atoms with Gasteiger partial charge in [0.05, 0.1) is 6.61 Å². The third kappa shape index (κ3) is 3.84. The molecule has 0 aliphatic carbocycles. The summed E-state index contributed by atoms with van der Waals surface area (Å²) >= 11 is 0. The number of aromatic nitrogens is 1. The number of aliphatic hydroxyl groups is 1. The fraction of sp³-hybridized carbons (Fsp3) is 0.476. The molecule has 1 aromatic carbocycles. The molecular formula is C21H28FNO2. The highest BCUT2D eigenvalue weighted by molar-refractivity contribution is 5.74. The first-order valence-electron chi connectivity index (χ1n) is 8.97. The number of nitrogens with zero attached hydrogens (tertiary/aromatic N) is 1. The predicted molar refractivity (Wildman–Crippen MR) is 99.4 cm³/mol. The van der Waals surface area contributed by atoms with Crippen molar-refractivity contribution in [1.82, 2.24) is 4.98 Å². The monoisotopic (exact) mass is 345 g/mol. The second-order valence-corrected chi connectivity index (χ2v) is 7.10. The number of benzene rings is 1. The second kappa shape index (κ2) is 7.96. The molecule has 0 aliphatic heterocycles. The first kappa shape index (κ1) is 19.4. The minimum atomic E-state index is -0.645. The smallest absolute Gasteiger partial charge is 0.164 e. The van der Waals surface area contributed by atoms with Crippen molar-refractivity contribution in [3.05, 3.63) is 46.5 Å². The van der Waals surface area contributed by atoms with Gasteiger partial charge < -0.3 is 10.2 Å². The zero-order chi connectivity index (χ0) is 18.7. The normalized spacial score (nSPS) is 11.6. The molecule has 0 aliphatic rings. The van der Waals surface area contributed by atoms with E-state index in [-0.39, 0.29) is 24.2 Å². The van der Waals surface area contributed by atoms with Gasteiger partial charge in [0.15, 0.2) is 11.6 Å². The van der Waals surface area contributed by atoms with Crippen molar-refractivity contribution >= 4 is 0 Å². The van der Waals surface area contributed by atoms with Crippen LogP contribution in [-0.2, 0) is 13.0 Å². The second-order valence-electron chi connectivity index (χ2n) is 7.10. The van der Waals surface area contributed by atoms with E-state index in [0.29, 0.717) is 0 Å². The van der Waals surface area contributed by atoms with Crippen LogP contribution in [0.25, 0.3) is 11.1 Å². The summed E-state index contributed by atoms with van der Waals surface area (Å²) in [6, 6.07) is 4.38. The van der Waals surface area contributed by atoms with Crippen molar-refractivity contribution in [2.75, 3.05) is 0 Å². The quantitative estimate of drug-likeness (QED) is 0.748.